The molecular formula is C52H58O11. The Hall–Kier alpha value is -4.34. The summed E-state index contributed by atoms with van der Waals surface area (Å²) in [7, 11) is 0. The lowest BCUT2D eigenvalue weighted by Gasteiger charge is -2.62. The monoisotopic (exact) mass is 858 g/mol. The van der Waals surface area contributed by atoms with Crippen molar-refractivity contribution < 1.29 is 52.5 Å². The summed E-state index contributed by atoms with van der Waals surface area (Å²) >= 11 is 0. The van der Waals surface area contributed by atoms with Crippen molar-refractivity contribution in [3.8, 4) is 0 Å². The number of aliphatic hydroxyl groups is 1. The summed E-state index contributed by atoms with van der Waals surface area (Å²) in [6.45, 7) is 3.75. The van der Waals surface area contributed by atoms with Crippen LogP contribution in [0.2, 0.25) is 0 Å². The third-order valence-electron chi connectivity index (χ3n) is 12.2. The summed E-state index contributed by atoms with van der Waals surface area (Å²) in [6, 6.07) is 50.0. The summed E-state index contributed by atoms with van der Waals surface area (Å²) in [6.07, 6.45) is -6.48. The van der Waals surface area contributed by atoms with E-state index in [1.807, 2.05) is 152 Å². The number of benzene rings is 5. The highest BCUT2D eigenvalue weighted by Gasteiger charge is 2.68. The maximum Gasteiger partial charge on any atom is 0.284 e. The van der Waals surface area contributed by atoms with E-state index in [1.54, 1.807) is 0 Å². The van der Waals surface area contributed by atoms with E-state index in [2.05, 4.69) is 6.92 Å². The molecule has 5 aromatic carbocycles. The van der Waals surface area contributed by atoms with Crippen LogP contribution in [-0.4, -0.2) is 85.0 Å². The van der Waals surface area contributed by atoms with Gasteiger partial charge in [0.25, 0.3) is 5.97 Å². The first-order chi connectivity index (χ1) is 31.1. The fraction of sp³-hybridized carbons (Fsp3) is 0.423. The van der Waals surface area contributed by atoms with Gasteiger partial charge in [0.2, 0.25) is 0 Å². The Labute approximate surface area is 370 Å². The number of hydrogen-bond acceptors (Lipinski definition) is 11. The van der Waals surface area contributed by atoms with E-state index < -0.39 is 73.3 Å². The predicted molar refractivity (Wildman–Crippen MR) is 233 cm³/mol. The minimum Gasteiger partial charge on any atom is -0.387 e. The highest BCUT2D eigenvalue weighted by atomic mass is 16.9. The second-order valence-electron chi connectivity index (χ2n) is 16.7. The van der Waals surface area contributed by atoms with Crippen LogP contribution in [-0.2, 0) is 80.4 Å². The van der Waals surface area contributed by atoms with Crippen molar-refractivity contribution in [2.45, 2.75) is 133 Å². The summed E-state index contributed by atoms with van der Waals surface area (Å²) in [5.41, 5.74) is 4.97. The normalized spacial score (nSPS) is 31.0. The molecule has 332 valence electrons. The van der Waals surface area contributed by atoms with Crippen molar-refractivity contribution >= 4 is 0 Å². The Balaban J connectivity index is 1.06. The van der Waals surface area contributed by atoms with E-state index in [0.717, 1.165) is 40.7 Å². The molecule has 63 heavy (non-hydrogen) atoms. The van der Waals surface area contributed by atoms with Gasteiger partial charge < -0.3 is 52.5 Å². The van der Waals surface area contributed by atoms with Gasteiger partial charge in [-0.3, -0.25) is 0 Å². The molecule has 11 heteroatoms. The lowest BCUT2D eigenvalue weighted by molar-refractivity contribution is -0.547. The molecule has 7 unspecified atom stereocenters. The standard InChI is InChI=1S/C52H58O11/c1-2-3-29-52-61-44-42(53)45(62-52)48(49(63-52)47(44)57-33-39-25-15-7-16-26-39)60-51-50(58-34-40-27-17-8-18-28-40)46(56-32-38-23-13-6-14-24-38)43(55-31-37-21-11-5-12-22-37)41(59-51)35-54-30-36-19-9-4-10-20-36/h4-28,41-51,53H,2-3,29-35H2,1H3/t41-,42?,43-,44?,45?,46+,47?,48?,49?,50+,51-,52?/m1/s1. The van der Waals surface area contributed by atoms with Gasteiger partial charge in [0, 0.05) is 6.42 Å². The molecule has 1 saturated carbocycles. The molecule has 0 aromatic heterocycles. The van der Waals surface area contributed by atoms with Crippen molar-refractivity contribution in [1.82, 2.24) is 0 Å². The van der Waals surface area contributed by atoms with Gasteiger partial charge in [-0.1, -0.05) is 165 Å². The van der Waals surface area contributed by atoms with Crippen molar-refractivity contribution in [1.29, 1.82) is 0 Å². The SMILES string of the molecule is CCCCC12OC3C(O)C(O1)C(O[C@H]1O[C@H](COCc4ccccc4)[C@@H](OCc4ccccc4)[C@H](OCc4ccccc4)[C@@H]1OCc1ccccc1)C(O2)C3OCc1ccccc1. The lowest BCUT2D eigenvalue weighted by atomic mass is 9.81. The van der Waals surface area contributed by atoms with Crippen LogP contribution < -0.4 is 0 Å². The van der Waals surface area contributed by atoms with Crippen molar-refractivity contribution in [3.63, 3.8) is 0 Å². The molecule has 4 bridgehead atoms. The van der Waals surface area contributed by atoms with Crippen LogP contribution in [0.25, 0.3) is 0 Å². The molecule has 0 spiro atoms. The molecule has 0 radical (unpaired) electrons. The van der Waals surface area contributed by atoms with Crippen molar-refractivity contribution in [2.24, 2.45) is 0 Å². The fourth-order valence-corrected chi connectivity index (χ4v) is 8.94. The minimum atomic E-state index is -1.33. The van der Waals surface area contributed by atoms with Crippen LogP contribution in [0.4, 0.5) is 0 Å². The molecule has 11 nitrogen and oxygen atoms in total. The van der Waals surface area contributed by atoms with Gasteiger partial charge in [0.05, 0.1) is 39.6 Å². The Morgan fingerprint density at radius 3 is 1.38 bits per heavy atom. The van der Waals surface area contributed by atoms with Gasteiger partial charge >= 0.3 is 0 Å². The third-order valence-corrected chi connectivity index (χ3v) is 12.2. The first-order valence-corrected chi connectivity index (χ1v) is 22.3. The molecule has 5 aliphatic rings. The van der Waals surface area contributed by atoms with Crippen LogP contribution in [0, 0.1) is 0 Å². The maximum atomic E-state index is 12.0. The largest absolute Gasteiger partial charge is 0.387 e. The van der Waals surface area contributed by atoms with Gasteiger partial charge in [-0.05, 0) is 34.2 Å². The van der Waals surface area contributed by atoms with Gasteiger partial charge in [0.15, 0.2) is 6.29 Å². The van der Waals surface area contributed by atoms with E-state index in [9.17, 15) is 5.11 Å². The lowest BCUT2D eigenvalue weighted by Crippen LogP contribution is -2.80. The zero-order valence-corrected chi connectivity index (χ0v) is 35.7. The third kappa shape index (κ3) is 10.6. The quantitative estimate of drug-likeness (QED) is 0.0774. The highest BCUT2D eigenvalue weighted by molar-refractivity contribution is 5.18. The molecule has 10 rings (SSSR count). The second-order valence-corrected chi connectivity index (χ2v) is 16.7. The fourth-order valence-electron chi connectivity index (χ4n) is 8.94. The minimum absolute atomic E-state index is 0.164. The Morgan fingerprint density at radius 1 is 0.476 bits per heavy atom. The molecule has 12 atom stereocenters. The van der Waals surface area contributed by atoms with E-state index in [0.29, 0.717) is 19.6 Å². The van der Waals surface area contributed by atoms with Gasteiger partial charge in [-0.15, -0.1) is 0 Å². The first kappa shape index (κ1) is 43.9. The molecule has 5 aromatic rings. The van der Waals surface area contributed by atoms with Gasteiger partial charge in [-0.2, -0.15) is 0 Å². The Morgan fingerprint density at radius 2 is 0.889 bits per heavy atom. The second kappa shape index (κ2) is 21.1. The van der Waals surface area contributed by atoms with Crippen LogP contribution in [0.1, 0.15) is 54.0 Å². The molecule has 1 N–H and O–H groups in total. The van der Waals surface area contributed by atoms with E-state index in [-0.39, 0.29) is 26.4 Å². The molecule has 0 amide bonds. The van der Waals surface area contributed by atoms with E-state index >= 15 is 0 Å². The number of hydrogen-bond donors (Lipinski definition) is 1. The number of ether oxygens (including phenoxy) is 10. The molecule has 4 saturated heterocycles. The van der Waals surface area contributed by atoms with E-state index in [1.165, 1.54) is 0 Å². The van der Waals surface area contributed by atoms with E-state index in [4.69, 9.17) is 47.4 Å². The van der Waals surface area contributed by atoms with Gasteiger partial charge in [-0.25, -0.2) is 0 Å². The highest BCUT2D eigenvalue weighted by Crippen LogP contribution is 2.50. The average Bonchev–Trinajstić information content (AvgIpc) is 3.33. The maximum absolute atomic E-state index is 12.0. The molecule has 4 aliphatic heterocycles. The molecule has 1 aliphatic carbocycles. The topological polar surface area (TPSA) is 113 Å². The average molecular weight is 859 g/mol. The van der Waals surface area contributed by atoms with Crippen molar-refractivity contribution in [3.05, 3.63) is 179 Å². The summed E-state index contributed by atoms with van der Waals surface area (Å²) in [5.74, 6) is -1.33. The summed E-state index contributed by atoms with van der Waals surface area (Å²) < 4.78 is 67.9. The number of aliphatic hydroxyl groups excluding tert-OH is 1. The van der Waals surface area contributed by atoms with Crippen LogP contribution >= 0.6 is 0 Å². The van der Waals surface area contributed by atoms with Crippen LogP contribution in [0.5, 0.6) is 0 Å². The zero-order chi connectivity index (χ0) is 42.9. The Bertz CT molecular complexity index is 2100. The number of unbranched alkanes of at least 4 members (excludes halogenated alkanes) is 1. The molecular weight excluding hydrogens is 801 g/mol. The Kier molecular flexibility index (Phi) is 14.7. The van der Waals surface area contributed by atoms with Crippen LogP contribution in [0.15, 0.2) is 152 Å². The molecule has 4 heterocycles. The first-order valence-electron chi connectivity index (χ1n) is 22.3. The smallest absolute Gasteiger partial charge is 0.284 e. The molecule has 5 fully saturated rings. The number of rotatable bonds is 21. The summed E-state index contributed by atoms with van der Waals surface area (Å²) in [4.78, 5) is 0. The summed E-state index contributed by atoms with van der Waals surface area (Å²) in [5, 5.41) is 12.0. The van der Waals surface area contributed by atoms with Crippen molar-refractivity contribution in [2.75, 3.05) is 6.61 Å². The predicted octanol–water partition coefficient (Wildman–Crippen LogP) is 8.06. The van der Waals surface area contributed by atoms with Gasteiger partial charge in [0.1, 0.15) is 61.0 Å². The van der Waals surface area contributed by atoms with Crippen LogP contribution in [0.3, 0.4) is 0 Å². The zero-order valence-electron chi connectivity index (χ0n) is 35.7.